The van der Waals surface area contributed by atoms with Crippen LogP contribution >= 0.6 is 11.3 Å². The van der Waals surface area contributed by atoms with Crippen molar-refractivity contribution < 1.29 is 9.59 Å². The summed E-state index contributed by atoms with van der Waals surface area (Å²) in [5.41, 5.74) is 3.63. The number of aryl methyl sites for hydroxylation is 1. The Morgan fingerprint density at radius 3 is 2.54 bits per heavy atom. The van der Waals surface area contributed by atoms with Crippen molar-refractivity contribution in [2.75, 3.05) is 13.1 Å². The Kier molecular flexibility index (Phi) is 4.50. The zero-order valence-electron chi connectivity index (χ0n) is 16.3. The maximum atomic E-state index is 13.4. The highest BCUT2D eigenvalue weighted by molar-refractivity contribution is 7.10. The van der Waals surface area contributed by atoms with Crippen molar-refractivity contribution in [1.82, 2.24) is 9.80 Å². The van der Waals surface area contributed by atoms with E-state index in [-0.39, 0.29) is 36.4 Å². The minimum atomic E-state index is -0.0415. The molecule has 0 unspecified atom stereocenters. The Morgan fingerprint density at radius 1 is 1.11 bits per heavy atom. The van der Waals surface area contributed by atoms with Gasteiger partial charge in [0.05, 0.1) is 6.04 Å². The van der Waals surface area contributed by atoms with E-state index < -0.39 is 0 Å². The lowest BCUT2D eigenvalue weighted by Gasteiger charge is -2.37. The van der Waals surface area contributed by atoms with Crippen LogP contribution in [0.5, 0.6) is 0 Å². The van der Waals surface area contributed by atoms with Crippen LogP contribution in [0, 0.1) is 12.8 Å². The van der Waals surface area contributed by atoms with Crippen LogP contribution in [0.25, 0.3) is 0 Å². The SMILES string of the molecule is Cc1ccc([C@H]2c3ccsc3CCN2C(=O)CN(C(=O)C2CC2)C2CC2)cc1. The number of rotatable bonds is 5. The average molecular weight is 395 g/mol. The van der Waals surface area contributed by atoms with Crippen LogP contribution in [0.3, 0.4) is 0 Å². The van der Waals surface area contributed by atoms with E-state index in [4.69, 9.17) is 0 Å². The van der Waals surface area contributed by atoms with E-state index in [0.29, 0.717) is 0 Å². The summed E-state index contributed by atoms with van der Waals surface area (Å²) in [7, 11) is 0. The summed E-state index contributed by atoms with van der Waals surface area (Å²) < 4.78 is 0. The minimum absolute atomic E-state index is 0.0415. The first-order chi connectivity index (χ1) is 13.6. The third kappa shape index (κ3) is 3.37. The Bertz CT molecular complexity index is 896. The highest BCUT2D eigenvalue weighted by Crippen LogP contribution is 2.39. The van der Waals surface area contributed by atoms with Gasteiger partial charge in [-0.25, -0.2) is 0 Å². The van der Waals surface area contributed by atoms with Crippen LogP contribution in [-0.2, 0) is 16.0 Å². The molecule has 5 heteroatoms. The molecule has 1 aliphatic heterocycles. The van der Waals surface area contributed by atoms with Crippen LogP contribution in [0.4, 0.5) is 0 Å². The van der Waals surface area contributed by atoms with E-state index in [2.05, 4.69) is 42.6 Å². The predicted octanol–water partition coefficient (Wildman–Crippen LogP) is 3.93. The fourth-order valence-electron chi connectivity index (χ4n) is 4.27. The highest BCUT2D eigenvalue weighted by atomic mass is 32.1. The van der Waals surface area contributed by atoms with Gasteiger partial charge in [0.15, 0.2) is 0 Å². The second-order valence-electron chi connectivity index (χ2n) is 8.42. The van der Waals surface area contributed by atoms with E-state index in [1.54, 1.807) is 11.3 Å². The molecule has 1 aromatic heterocycles. The molecule has 4 nitrogen and oxygen atoms in total. The van der Waals surface area contributed by atoms with Gasteiger partial charge in [-0.1, -0.05) is 29.8 Å². The molecular weight excluding hydrogens is 368 g/mol. The lowest BCUT2D eigenvalue weighted by atomic mass is 9.92. The van der Waals surface area contributed by atoms with Crippen molar-refractivity contribution in [3.63, 3.8) is 0 Å². The topological polar surface area (TPSA) is 40.6 Å². The molecule has 0 radical (unpaired) electrons. The standard InChI is InChI=1S/C23H26N2O2S/c1-15-2-4-16(5-3-15)22-19-11-13-28-20(19)10-12-24(22)21(26)14-25(18-8-9-18)23(27)17-6-7-17/h2-5,11,13,17-18,22H,6-10,12,14H2,1H3/t22-/m0/s1. The van der Waals surface area contributed by atoms with Gasteiger partial charge < -0.3 is 9.80 Å². The average Bonchev–Trinajstić information content (AvgIpc) is 3.62. The molecule has 2 aromatic rings. The third-order valence-electron chi connectivity index (χ3n) is 6.18. The summed E-state index contributed by atoms with van der Waals surface area (Å²) in [5, 5.41) is 2.13. The fraction of sp³-hybridized carbons (Fsp3) is 0.478. The Balaban J connectivity index is 1.42. The lowest BCUT2D eigenvalue weighted by molar-refractivity contribution is -0.143. The Morgan fingerprint density at radius 2 is 1.86 bits per heavy atom. The molecule has 0 N–H and O–H groups in total. The van der Waals surface area contributed by atoms with E-state index in [1.807, 2.05) is 9.80 Å². The molecule has 0 bridgehead atoms. The monoisotopic (exact) mass is 394 g/mol. The molecule has 2 amide bonds. The van der Waals surface area contributed by atoms with Gasteiger partial charge in [0.1, 0.15) is 6.54 Å². The number of carbonyl (C=O) groups is 2. The lowest BCUT2D eigenvalue weighted by Crippen LogP contribution is -2.47. The normalized spacial score (nSPS) is 21.3. The second-order valence-corrected chi connectivity index (χ2v) is 9.42. The molecule has 2 fully saturated rings. The van der Waals surface area contributed by atoms with Gasteiger partial charge in [-0.3, -0.25) is 9.59 Å². The van der Waals surface area contributed by atoms with Crippen LogP contribution < -0.4 is 0 Å². The van der Waals surface area contributed by atoms with Gasteiger partial charge in [-0.05, 0) is 61.6 Å². The van der Waals surface area contributed by atoms with Crippen molar-refractivity contribution in [3.05, 3.63) is 57.3 Å². The number of carbonyl (C=O) groups excluding carboxylic acids is 2. The van der Waals surface area contributed by atoms with E-state index in [0.717, 1.165) is 44.2 Å². The molecule has 0 saturated heterocycles. The molecule has 2 heterocycles. The van der Waals surface area contributed by atoms with Crippen LogP contribution in [0.15, 0.2) is 35.7 Å². The van der Waals surface area contributed by atoms with Gasteiger partial charge in [-0.2, -0.15) is 0 Å². The number of hydrogen-bond acceptors (Lipinski definition) is 3. The van der Waals surface area contributed by atoms with Gasteiger partial charge >= 0.3 is 0 Å². The van der Waals surface area contributed by atoms with Gasteiger partial charge in [0, 0.05) is 23.4 Å². The summed E-state index contributed by atoms with van der Waals surface area (Å²) >= 11 is 1.78. The zero-order chi connectivity index (χ0) is 19.3. The molecule has 3 aliphatic rings. The first kappa shape index (κ1) is 17.9. The molecule has 5 rings (SSSR count). The number of thiophene rings is 1. The van der Waals surface area contributed by atoms with Gasteiger partial charge in [0.25, 0.3) is 0 Å². The van der Waals surface area contributed by atoms with E-state index in [1.165, 1.54) is 16.0 Å². The van der Waals surface area contributed by atoms with Gasteiger partial charge in [-0.15, -0.1) is 11.3 Å². The maximum absolute atomic E-state index is 13.4. The van der Waals surface area contributed by atoms with E-state index >= 15 is 0 Å². The summed E-state index contributed by atoms with van der Waals surface area (Å²) in [6, 6.07) is 10.9. The van der Waals surface area contributed by atoms with Crippen LogP contribution in [-0.4, -0.2) is 40.7 Å². The molecule has 1 atom stereocenters. The second kappa shape index (κ2) is 7.03. The van der Waals surface area contributed by atoms with Crippen molar-refractivity contribution in [1.29, 1.82) is 0 Å². The molecule has 146 valence electrons. The number of nitrogens with zero attached hydrogens (tertiary/aromatic N) is 2. The van der Waals surface area contributed by atoms with Crippen molar-refractivity contribution in [3.8, 4) is 0 Å². The van der Waals surface area contributed by atoms with Gasteiger partial charge in [0.2, 0.25) is 11.8 Å². The Labute approximate surface area is 170 Å². The van der Waals surface area contributed by atoms with Crippen LogP contribution in [0.2, 0.25) is 0 Å². The minimum Gasteiger partial charge on any atom is -0.330 e. The van der Waals surface area contributed by atoms with Crippen molar-refractivity contribution in [2.45, 2.75) is 51.1 Å². The smallest absolute Gasteiger partial charge is 0.243 e. The summed E-state index contributed by atoms with van der Waals surface area (Å²) in [4.78, 5) is 31.4. The number of amides is 2. The fourth-order valence-corrected chi connectivity index (χ4v) is 5.17. The molecule has 2 aliphatic carbocycles. The summed E-state index contributed by atoms with van der Waals surface area (Å²) in [6.45, 7) is 3.05. The molecule has 1 aromatic carbocycles. The summed E-state index contributed by atoms with van der Waals surface area (Å²) in [6.07, 6.45) is 4.97. The first-order valence-electron chi connectivity index (χ1n) is 10.3. The molecule has 28 heavy (non-hydrogen) atoms. The molecule has 2 saturated carbocycles. The van der Waals surface area contributed by atoms with Crippen molar-refractivity contribution >= 4 is 23.2 Å². The number of benzene rings is 1. The number of hydrogen-bond donors (Lipinski definition) is 0. The highest BCUT2D eigenvalue weighted by Gasteiger charge is 2.42. The van der Waals surface area contributed by atoms with Crippen molar-refractivity contribution in [2.24, 2.45) is 5.92 Å². The van der Waals surface area contributed by atoms with E-state index in [9.17, 15) is 9.59 Å². The predicted molar refractivity (Wildman–Crippen MR) is 110 cm³/mol. The molecule has 0 spiro atoms. The Hall–Kier alpha value is -2.14. The molecular formula is C23H26N2O2S. The van der Waals surface area contributed by atoms with Crippen LogP contribution in [0.1, 0.15) is 53.3 Å². The zero-order valence-corrected chi connectivity index (χ0v) is 17.1. The first-order valence-corrected chi connectivity index (χ1v) is 11.2. The maximum Gasteiger partial charge on any atom is 0.243 e. The quantitative estimate of drug-likeness (QED) is 0.771. The number of fused-ring (bicyclic) bond motifs is 1. The third-order valence-corrected chi connectivity index (χ3v) is 7.18. The largest absolute Gasteiger partial charge is 0.330 e. The summed E-state index contributed by atoms with van der Waals surface area (Å²) in [5.74, 6) is 0.463.